The Hall–Kier alpha value is -3.19. The fraction of sp³-hybridized carbons (Fsp3) is 0.100. The quantitative estimate of drug-likeness (QED) is 0.304. The van der Waals surface area contributed by atoms with Crippen molar-refractivity contribution < 1.29 is 4.79 Å². The van der Waals surface area contributed by atoms with Gasteiger partial charge in [-0.1, -0.05) is 54.2 Å². The van der Waals surface area contributed by atoms with Crippen LogP contribution in [-0.4, -0.2) is 25.6 Å². The summed E-state index contributed by atoms with van der Waals surface area (Å²) in [4.78, 5) is 28.6. The molecule has 0 N–H and O–H groups in total. The molecule has 134 valence electrons. The van der Waals surface area contributed by atoms with Crippen molar-refractivity contribution >= 4 is 29.1 Å². The van der Waals surface area contributed by atoms with Crippen molar-refractivity contribution in [2.24, 2.45) is 7.05 Å². The fourth-order valence-electron chi connectivity index (χ4n) is 2.80. The molecule has 6 nitrogen and oxygen atoms in total. The van der Waals surface area contributed by atoms with E-state index in [1.165, 1.54) is 11.8 Å². The van der Waals surface area contributed by atoms with E-state index < -0.39 is 0 Å². The molecular formula is C20H16N4O2S. The molecule has 7 heteroatoms. The van der Waals surface area contributed by atoms with Crippen molar-refractivity contribution in [3.63, 3.8) is 0 Å². The van der Waals surface area contributed by atoms with Gasteiger partial charge in [-0.25, -0.2) is 4.98 Å². The molecule has 4 aromatic rings. The first-order valence-electron chi connectivity index (χ1n) is 8.34. The Morgan fingerprint density at radius 1 is 1.07 bits per heavy atom. The molecule has 0 amide bonds. The fourth-order valence-corrected chi connectivity index (χ4v) is 3.76. The molecule has 0 atom stereocenters. The monoisotopic (exact) mass is 376 g/mol. The molecule has 27 heavy (non-hydrogen) atoms. The lowest BCUT2D eigenvalue weighted by molar-refractivity contribution is 0.112. The van der Waals surface area contributed by atoms with E-state index >= 15 is 0 Å². The number of thioether (sulfide) groups is 1. The number of fused-ring (bicyclic) bond motifs is 1. The number of carbonyl (C=O) groups excluding carboxylic acids is 1. The molecule has 0 aliphatic rings. The van der Waals surface area contributed by atoms with E-state index in [0.717, 1.165) is 17.5 Å². The minimum atomic E-state index is -0.141. The molecule has 0 bridgehead atoms. The standard InChI is InChI=1S/C20H16N4O2S/c1-23-18-17(11-21-23)19(26)24(16-5-3-2-4-6-16)20(22-18)27-13-15-9-7-14(12-25)8-10-15/h2-12H,13H2,1H3. The summed E-state index contributed by atoms with van der Waals surface area (Å²) in [5.41, 5.74) is 2.87. The SMILES string of the molecule is Cn1ncc2c(=O)n(-c3ccccc3)c(SCc3ccc(C=O)cc3)nc21. The maximum Gasteiger partial charge on any atom is 0.269 e. The van der Waals surface area contributed by atoms with E-state index in [1.807, 2.05) is 42.5 Å². The Balaban J connectivity index is 1.78. The summed E-state index contributed by atoms with van der Waals surface area (Å²) in [5.74, 6) is 0.627. The van der Waals surface area contributed by atoms with Crippen LogP contribution in [0.15, 0.2) is 70.7 Å². The van der Waals surface area contributed by atoms with E-state index in [2.05, 4.69) is 5.10 Å². The Morgan fingerprint density at radius 2 is 1.81 bits per heavy atom. The van der Waals surface area contributed by atoms with Crippen LogP contribution in [0.1, 0.15) is 15.9 Å². The number of hydrogen-bond donors (Lipinski definition) is 0. The van der Waals surface area contributed by atoms with Gasteiger partial charge < -0.3 is 0 Å². The number of hydrogen-bond acceptors (Lipinski definition) is 5. The number of carbonyl (C=O) groups is 1. The van der Waals surface area contributed by atoms with E-state index in [4.69, 9.17) is 4.98 Å². The largest absolute Gasteiger partial charge is 0.298 e. The predicted molar refractivity (Wildman–Crippen MR) is 105 cm³/mol. The predicted octanol–water partition coefficient (Wildman–Crippen LogP) is 3.22. The van der Waals surface area contributed by atoms with Gasteiger partial charge in [0.05, 0.1) is 11.9 Å². The van der Waals surface area contributed by atoms with Crippen LogP contribution in [0.25, 0.3) is 16.7 Å². The highest BCUT2D eigenvalue weighted by molar-refractivity contribution is 7.98. The molecule has 2 heterocycles. The van der Waals surface area contributed by atoms with Crippen LogP contribution in [-0.2, 0) is 12.8 Å². The average molecular weight is 376 g/mol. The summed E-state index contributed by atoms with van der Waals surface area (Å²) in [6, 6.07) is 16.8. The van der Waals surface area contributed by atoms with E-state index in [0.29, 0.717) is 27.5 Å². The third kappa shape index (κ3) is 3.29. The Morgan fingerprint density at radius 3 is 2.52 bits per heavy atom. The number of nitrogens with zero attached hydrogens (tertiary/aromatic N) is 4. The topological polar surface area (TPSA) is 69.8 Å². The number of rotatable bonds is 5. The van der Waals surface area contributed by atoms with Gasteiger partial charge in [-0.15, -0.1) is 0 Å². The van der Waals surface area contributed by atoms with E-state index in [-0.39, 0.29) is 5.56 Å². The molecular weight excluding hydrogens is 360 g/mol. The number of aryl methyl sites for hydroxylation is 1. The molecule has 0 aliphatic heterocycles. The number of benzene rings is 2. The van der Waals surface area contributed by atoms with Gasteiger partial charge in [-0.2, -0.15) is 5.10 Å². The molecule has 0 aliphatic carbocycles. The first-order chi connectivity index (χ1) is 13.2. The second-order valence-corrected chi connectivity index (χ2v) is 6.97. The number of aldehydes is 1. The molecule has 2 aromatic carbocycles. The molecule has 0 radical (unpaired) electrons. The zero-order valence-corrected chi connectivity index (χ0v) is 15.4. The minimum Gasteiger partial charge on any atom is -0.298 e. The molecule has 0 fully saturated rings. The molecule has 2 aromatic heterocycles. The maximum atomic E-state index is 13.1. The van der Waals surface area contributed by atoms with Crippen molar-refractivity contribution in [1.82, 2.24) is 19.3 Å². The lowest BCUT2D eigenvalue weighted by atomic mass is 10.2. The molecule has 0 spiro atoms. The van der Waals surface area contributed by atoms with Crippen LogP contribution in [0.5, 0.6) is 0 Å². The highest BCUT2D eigenvalue weighted by Gasteiger charge is 2.16. The van der Waals surface area contributed by atoms with Gasteiger partial charge in [0.2, 0.25) is 0 Å². The van der Waals surface area contributed by atoms with Crippen LogP contribution < -0.4 is 5.56 Å². The third-order valence-corrected chi connectivity index (χ3v) is 5.24. The summed E-state index contributed by atoms with van der Waals surface area (Å²) >= 11 is 1.47. The Bertz CT molecular complexity index is 1160. The van der Waals surface area contributed by atoms with Crippen LogP contribution >= 0.6 is 11.8 Å². The number of aromatic nitrogens is 4. The second-order valence-electron chi connectivity index (χ2n) is 6.02. The van der Waals surface area contributed by atoms with Crippen molar-refractivity contribution in [3.8, 4) is 5.69 Å². The van der Waals surface area contributed by atoms with Crippen LogP contribution in [0.2, 0.25) is 0 Å². The zero-order valence-electron chi connectivity index (χ0n) is 14.6. The summed E-state index contributed by atoms with van der Waals surface area (Å²) < 4.78 is 3.23. The van der Waals surface area contributed by atoms with E-state index in [9.17, 15) is 9.59 Å². The van der Waals surface area contributed by atoms with Crippen LogP contribution in [0, 0.1) is 0 Å². The Labute approximate surface area is 159 Å². The van der Waals surface area contributed by atoms with Gasteiger partial charge in [-0.3, -0.25) is 18.8 Å². The van der Waals surface area contributed by atoms with Crippen molar-refractivity contribution in [2.45, 2.75) is 10.9 Å². The molecule has 0 unspecified atom stereocenters. The number of para-hydroxylation sites is 1. The normalized spacial score (nSPS) is 11.0. The summed E-state index contributed by atoms with van der Waals surface area (Å²) in [7, 11) is 1.77. The minimum absolute atomic E-state index is 0.141. The lowest BCUT2D eigenvalue weighted by Gasteiger charge is -2.12. The third-order valence-electron chi connectivity index (χ3n) is 4.23. The lowest BCUT2D eigenvalue weighted by Crippen LogP contribution is -2.21. The van der Waals surface area contributed by atoms with Crippen molar-refractivity contribution in [2.75, 3.05) is 0 Å². The second kappa shape index (κ2) is 7.20. The van der Waals surface area contributed by atoms with Crippen LogP contribution in [0.3, 0.4) is 0 Å². The first kappa shape index (κ1) is 17.2. The smallest absolute Gasteiger partial charge is 0.269 e. The first-order valence-corrected chi connectivity index (χ1v) is 9.33. The van der Waals surface area contributed by atoms with Gasteiger partial charge in [0.1, 0.15) is 11.7 Å². The van der Waals surface area contributed by atoms with Gasteiger partial charge in [-0.05, 0) is 17.7 Å². The molecule has 0 saturated heterocycles. The molecule has 4 rings (SSSR count). The zero-order chi connectivity index (χ0) is 18.8. The Kier molecular flexibility index (Phi) is 4.60. The highest BCUT2D eigenvalue weighted by Crippen LogP contribution is 2.24. The highest BCUT2D eigenvalue weighted by atomic mass is 32.2. The summed E-state index contributed by atoms with van der Waals surface area (Å²) in [5, 5.41) is 5.25. The average Bonchev–Trinajstić information content (AvgIpc) is 3.08. The summed E-state index contributed by atoms with van der Waals surface area (Å²) in [6.07, 6.45) is 2.37. The van der Waals surface area contributed by atoms with E-state index in [1.54, 1.807) is 34.6 Å². The van der Waals surface area contributed by atoms with Gasteiger partial charge in [0.15, 0.2) is 10.8 Å². The van der Waals surface area contributed by atoms with Crippen LogP contribution in [0.4, 0.5) is 0 Å². The van der Waals surface area contributed by atoms with Crippen molar-refractivity contribution in [1.29, 1.82) is 0 Å². The maximum absolute atomic E-state index is 13.1. The molecule has 0 saturated carbocycles. The summed E-state index contributed by atoms with van der Waals surface area (Å²) in [6.45, 7) is 0. The van der Waals surface area contributed by atoms with Gasteiger partial charge >= 0.3 is 0 Å². The van der Waals surface area contributed by atoms with Gasteiger partial charge in [0.25, 0.3) is 5.56 Å². The van der Waals surface area contributed by atoms with Crippen molar-refractivity contribution in [3.05, 3.63) is 82.3 Å². The van der Waals surface area contributed by atoms with Gasteiger partial charge in [0, 0.05) is 18.4 Å².